The van der Waals surface area contributed by atoms with Crippen LogP contribution in [0.15, 0.2) is 24.3 Å². The van der Waals surface area contributed by atoms with Gasteiger partial charge in [0, 0.05) is 5.69 Å². The first-order chi connectivity index (χ1) is 7.30. The highest BCUT2D eigenvalue weighted by Gasteiger charge is 2.27. The molecular weight excluding hydrogens is 207 g/mol. The number of rotatable bonds is 2. The van der Waals surface area contributed by atoms with E-state index in [1.165, 1.54) is 24.3 Å². The standard InChI is InChI=1S/C12H17FN2O/c1-12(2,3)10(14)11(16)15-9-6-4-8(13)5-7-9/h4-7,10H,14H2,1-3H3,(H,15,16)/t10-/m1/s1. The molecular formula is C12H17FN2O. The second-order valence-corrected chi connectivity index (χ2v) is 4.84. The molecule has 88 valence electrons. The Morgan fingerprint density at radius 1 is 1.31 bits per heavy atom. The molecule has 1 aromatic carbocycles. The Bertz CT molecular complexity index is 368. The van der Waals surface area contributed by atoms with E-state index in [2.05, 4.69) is 5.32 Å². The van der Waals surface area contributed by atoms with Gasteiger partial charge < -0.3 is 11.1 Å². The topological polar surface area (TPSA) is 55.1 Å². The van der Waals surface area contributed by atoms with Crippen LogP contribution in [0.25, 0.3) is 0 Å². The van der Waals surface area contributed by atoms with E-state index in [0.29, 0.717) is 5.69 Å². The summed E-state index contributed by atoms with van der Waals surface area (Å²) in [4.78, 5) is 11.7. The van der Waals surface area contributed by atoms with Crippen molar-refractivity contribution >= 4 is 11.6 Å². The number of anilines is 1. The van der Waals surface area contributed by atoms with E-state index >= 15 is 0 Å². The zero-order valence-corrected chi connectivity index (χ0v) is 9.75. The van der Waals surface area contributed by atoms with Gasteiger partial charge in [-0.25, -0.2) is 4.39 Å². The van der Waals surface area contributed by atoms with Crippen molar-refractivity contribution in [2.45, 2.75) is 26.8 Å². The fourth-order valence-corrected chi connectivity index (χ4v) is 1.15. The Kier molecular flexibility index (Phi) is 3.65. The normalized spacial score (nSPS) is 13.3. The minimum Gasteiger partial charge on any atom is -0.325 e. The number of carbonyl (C=O) groups is 1. The number of halogens is 1. The maximum atomic E-state index is 12.6. The summed E-state index contributed by atoms with van der Waals surface area (Å²) < 4.78 is 12.6. The van der Waals surface area contributed by atoms with Crippen molar-refractivity contribution in [2.24, 2.45) is 11.1 Å². The van der Waals surface area contributed by atoms with Crippen molar-refractivity contribution < 1.29 is 9.18 Å². The fourth-order valence-electron chi connectivity index (χ4n) is 1.15. The molecule has 0 saturated carbocycles. The van der Waals surface area contributed by atoms with Gasteiger partial charge in [-0.05, 0) is 29.7 Å². The van der Waals surface area contributed by atoms with E-state index in [1.54, 1.807) is 0 Å². The number of amides is 1. The van der Waals surface area contributed by atoms with Crippen molar-refractivity contribution in [1.82, 2.24) is 0 Å². The van der Waals surface area contributed by atoms with Crippen LogP contribution in [0.3, 0.4) is 0 Å². The molecule has 0 heterocycles. The van der Waals surface area contributed by atoms with Gasteiger partial charge in [0.15, 0.2) is 0 Å². The summed E-state index contributed by atoms with van der Waals surface area (Å²) in [7, 11) is 0. The van der Waals surface area contributed by atoms with E-state index in [4.69, 9.17) is 5.73 Å². The number of benzene rings is 1. The molecule has 0 aromatic heterocycles. The van der Waals surface area contributed by atoms with Gasteiger partial charge in [-0.2, -0.15) is 0 Å². The summed E-state index contributed by atoms with van der Waals surface area (Å²) in [5.41, 5.74) is 6.03. The SMILES string of the molecule is CC(C)(C)[C@H](N)C(=O)Nc1ccc(F)cc1. The summed E-state index contributed by atoms with van der Waals surface area (Å²) in [5, 5.41) is 2.64. The second kappa shape index (κ2) is 4.61. The minimum absolute atomic E-state index is 0.265. The van der Waals surface area contributed by atoms with Crippen molar-refractivity contribution in [3.05, 3.63) is 30.1 Å². The van der Waals surface area contributed by atoms with E-state index in [1.807, 2.05) is 20.8 Å². The molecule has 1 atom stereocenters. The lowest BCUT2D eigenvalue weighted by Crippen LogP contribution is -2.45. The average Bonchev–Trinajstić information content (AvgIpc) is 2.19. The molecule has 16 heavy (non-hydrogen) atoms. The summed E-state index contributed by atoms with van der Waals surface area (Å²) in [6.45, 7) is 5.67. The summed E-state index contributed by atoms with van der Waals surface area (Å²) in [6, 6.07) is 4.99. The van der Waals surface area contributed by atoms with Gasteiger partial charge in [0.2, 0.25) is 5.91 Å². The predicted octanol–water partition coefficient (Wildman–Crippen LogP) is 2.14. The lowest BCUT2D eigenvalue weighted by Gasteiger charge is -2.25. The maximum absolute atomic E-state index is 12.6. The highest BCUT2D eigenvalue weighted by molar-refractivity contribution is 5.95. The Morgan fingerprint density at radius 3 is 2.25 bits per heavy atom. The molecule has 0 saturated heterocycles. The predicted molar refractivity (Wildman–Crippen MR) is 62.5 cm³/mol. The summed E-state index contributed by atoms with van der Waals surface area (Å²) >= 11 is 0. The van der Waals surface area contributed by atoms with Crippen molar-refractivity contribution in [1.29, 1.82) is 0 Å². The van der Waals surface area contributed by atoms with Crippen molar-refractivity contribution in [3.8, 4) is 0 Å². The van der Waals surface area contributed by atoms with Crippen LogP contribution in [-0.4, -0.2) is 11.9 Å². The van der Waals surface area contributed by atoms with E-state index in [-0.39, 0.29) is 17.1 Å². The number of nitrogens with two attached hydrogens (primary N) is 1. The van der Waals surface area contributed by atoms with Gasteiger partial charge in [-0.1, -0.05) is 20.8 Å². The van der Waals surface area contributed by atoms with Crippen LogP contribution in [0.5, 0.6) is 0 Å². The quantitative estimate of drug-likeness (QED) is 0.808. The highest BCUT2D eigenvalue weighted by atomic mass is 19.1. The third-order valence-corrected chi connectivity index (χ3v) is 2.33. The molecule has 1 aromatic rings. The van der Waals surface area contributed by atoms with Crippen LogP contribution in [0.4, 0.5) is 10.1 Å². The Balaban J connectivity index is 2.68. The number of carbonyl (C=O) groups excluding carboxylic acids is 1. The molecule has 0 aliphatic heterocycles. The lowest BCUT2D eigenvalue weighted by molar-refractivity contribution is -0.119. The smallest absolute Gasteiger partial charge is 0.241 e. The summed E-state index contributed by atoms with van der Waals surface area (Å²) in [5.74, 6) is -0.600. The Hall–Kier alpha value is -1.42. The van der Waals surface area contributed by atoms with Gasteiger partial charge in [-0.15, -0.1) is 0 Å². The van der Waals surface area contributed by atoms with Crippen molar-refractivity contribution in [2.75, 3.05) is 5.32 Å². The first kappa shape index (κ1) is 12.6. The molecule has 1 amide bonds. The average molecular weight is 224 g/mol. The van der Waals surface area contributed by atoms with Crippen LogP contribution in [0, 0.1) is 11.2 Å². The zero-order chi connectivity index (χ0) is 12.3. The van der Waals surface area contributed by atoms with Crippen molar-refractivity contribution in [3.63, 3.8) is 0 Å². The molecule has 0 aliphatic rings. The van der Waals surface area contributed by atoms with Crippen LogP contribution >= 0.6 is 0 Å². The maximum Gasteiger partial charge on any atom is 0.241 e. The fraction of sp³-hybridized carbons (Fsp3) is 0.417. The molecule has 0 radical (unpaired) electrons. The lowest BCUT2D eigenvalue weighted by atomic mass is 9.87. The minimum atomic E-state index is -0.599. The number of nitrogens with one attached hydrogen (secondary N) is 1. The Labute approximate surface area is 94.8 Å². The Morgan fingerprint density at radius 2 is 1.81 bits per heavy atom. The largest absolute Gasteiger partial charge is 0.325 e. The molecule has 4 heteroatoms. The van der Waals surface area contributed by atoms with Crippen LogP contribution in [-0.2, 0) is 4.79 Å². The molecule has 0 bridgehead atoms. The molecule has 0 spiro atoms. The first-order valence-corrected chi connectivity index (χ1v) is 5.13. The van der Waals surface area contributed by atoms with Crippen LogP contribution in [0.2, 0.25) is 0 Å². The zero-order valence-electron chi connectivity index (χ0n) is 9.75. The molecule has 0 unspecified atom stereocenters. The molecule has 1 rings (SSSR count). The van der Waals surface area contributed by atoms with Gasteiger partial charge in [0.1, 0.15) is 5.82 Å². The van der Waals surface area contributed by atoms with E-state index < -0.39 is 6.04 Å². The third kappa shape index (κ3) is 3.31. The molecule has 0 fully saturated rings. The van der Waals surface area contributed by atoms with Crippen LogP contribution < -0.4 is 11.1 Å². The summed E-state index contributed by atoms with van der Waals surface area (Å²) in [6.07, 6.45) is 0. The second-order valence-electron chi connectivity index (χ2n) is 4.84. The van der Waals surface area contributed by atoms with E-state index in [0.717, 1.165) is 0 Å². The third-order valence-electron chi connectivity index (χ3n) is 2.33. The molecule has 0 aliphatic carbocycles. The van der Waals surface area contributed by atoms with Gasteiger partial charge >= 0.3 is 0 Å². The number of hydrogen-bond acceptors (Lipinski definition) is 2. The van der Waals surface area contributed by atoms with Gasteiger partial charge in [0.05, 0.1) is 6.04 Å². The van der Waals surface area contributed by atoms with Gasteiger partial charge in [-0.3, -0.25) is 4.79 Å². The first-order valence-electron chi connectivity index (χ1n) is 5.13. The van der Waals surface area contributed by atoms with Gasteiger partial charge in [0.25, 0.3) is 0 Å². The van der Waals surface area contributed by atoms with E-state index in [9.17, 15) is 9.18 Å². The monoisotopic (exact) mass is 224 g/mol. The number of hydrogen-bond donors (Lipinski definition) is 2. The van der Waals surface area contributed by atoms with Crippen LogP contribution in [0.1, 0.15) is 20.8 Å². The molecule has 3 nitrogen and oxygen atoms in total. The highest BCUT2D eigenvalue weighted by Crippen LogP contribution is 2.19. The molecule has 3 N–H and O–H groups in total.